The highest BCUT2D eigenvalue weighted by Crippen LogP contribution is 2.36. The second-order valence-electron chi connectivity index (χ2n) is 6.17. The number of rotatable bonds is 1. The van der Waals surface area contributed by atoms with Crippen molar-refractivity contribution in [2.75, 3.05) is 31.1 Å². The van der Waals surface area contributed by atoms with Crippen LogP contribution in [0.4, 0.5) is 5.69 Å². The van der Waals surface area contributed by atoms with Crippen LogP contribution in [0.1, 0.15) is 12.8 Å². The maximum Gasteiger partial charge on any atom is 0.419 e. The number of aryl methyl sites for hydroxylation is 1. The maximum absolute atomic E-state index is 11.5. The fourth-order valence-electron chi connectivity index (χ4n) is 3.39. The summed E-state index contributed by atoms with van der Waals surface area (Å²) < 4.78 is 6.82. The number of hydrogen-bond donors (Lipinski definition) is 1. The molecule has 0 aliphatic carbocycles. The SMILES string of the molecule is Cn1c(=O)oc2cc(N3CCC4(CC3)CNC4)ccc21. The van der Waals surface area contributed by atoms with Gasteiger partial charge in [-0.3, -0.25) is 4.57 Å². The average Bonchev–Trinajstić information content (AvgIpc) is 2.72. The molecule has 2 saturated heterocycles. The van der Waals surface area contributed by atoms with Crippen LogP contribution in [0.5, 0.6) is 0 Å². The number of benzene rings is 1. The maximum atomic E-state index is 11.5. The van der Waals surface area contributed by atoms with E-state index in [0.717, 1.165) is 24.3 Å². The van der Waals surface area contributed by atoms with Crippen molar-refractivity contribution in [3.05, 3.63) is 28.7 Å². The second kappa shape index (κ2) is 4.12. The molecule has 1 aromatic heterocycles. The summed E-state index contributed by atoms with van der Waals surface area (Å²) in [5.74, 6) is -0.296. The van der Waals surface area contributed by atoms with Gasteiger partial charge in [0.15, 0.2) is 5.58 Å². The van der Waals surface area contributed by atoms with Gasteiger partial charge in [0, 0.05) is 45.0 Å². The fraction of sp³-hybridized carbons (Fsp3) is 0.533. The minimum atomic E-state index is -0.296. The molecular formula is C15H19N3O2. The first-order valence-electron chi connectivity index (χ1n) is 7.22. The fourth-order valence-corrected chi connectivity index (χ4v) is 3.39. The summed E-state index contributed by atoms with van der Waals surface area (Å²) in [7, 11) is 1.74. The van der Waals surface area contributed by atoms with Crippen molar-refractivity contribution in [3.63, 3.8) is 0 Å². The molecule has 2 fully saturated rings. The lowest BCUT2D eigenvalue weighted by atomic mass is 9.73. The van der Waals surface area contributed by atoms with Gasteiger partial charge in [-0.1, -0.05) is 0 Å². The molecule has 0 saturated carbocycles. The van der Waals surface area contributed by atoms with Gasteiger partial charge in [-0.05, 0) is 30.4 Å². The number of nitrogens with one attached hydrogen (secondary N) is 1. The van der Waals surface area contributed by atoms with Crippen molar-refractivity contribution in [3.8, 4) is 0 Å². The van der Waals surface area contributed by atoms with E-state index in [1.807, 2.05) is 12.1 Å². The van der Waals surface area contributed by atoms with E-state index < -0.39 is 0 Å². The number of anilines is 1. The summed E-state index contributed by atoms with van der Waals surface area (Å²) in [5, 5.41) is 3.39. The molecule has 0 bridgehead atoms. The Hall–Kier alpha value is -1.75. The zero-order valence-corrected chi connectivity index (χ0v) is 11.7. The standard InChI is InChI=1S/C15H19N3O2/c1-17-12-3-2-11(8-13(12)20-14(17)19)18-6-4-15(5-7-18)9-16-10-15/h2-3,8,16H,4-7,9-10H2,1H3. The molecule has 0 amide bonds. The lowest BCUT2D eigenvalue weighted by Gasteiger charge is -2.48. The largest absolute Gasteiger partial charge is 0.419 e. The number of piperidine rings is 1. The zero-order chi connectivity index (χ0) is 13.7. The number of hydrogen-bond acceptors (Lipinski definition) is 4. The first-order chi connectivity index (χ1) is 9.67. The van der Waals surface area contributed by atoms with E-state index in [0.29, 0.717) is 11.0 Å². The summed E-state index contributed by atoms with van der Waals surface area (Å²) in [6.07, 6.45) is 2.49. The molecule has 2 aliphatic rings. The van der Waals surface area contributed by atoms with Crippen LogP contribution in [-0.2, 0) is 7.05 Å². The Balaban J connectivity index is 1.61. The van der Waals surface area contributed by atoms with Gasteiger partial charge >= 0.3 is 5.76 Å². The Labute approximate surface area is 117 Å². The first-order valence-corrected chi connectivity index (χ1v) is 7.22. The number of nitrogens with zero attached hydrogens (tertiary/aromatic N) is 2. The zero-order valence-electron chi connectivity index (χ0n) is 11.7. The van der Waals surface area contributed by atoms with Crippen LogP contribution in [0.25, 0.3) is 11.1 Å². The smallest absolute Gasteiger partial charge is 0.408 e. The van der Waals surface area contributed by atoms with Gasteiger partial charge in [0.05, 0.1) is 5.52 Å². The van der Waals surface area contributed by atoms with Crippen molar-refractivity contribution in [1.29, 1.82) is 0 Å². The molecule has 106 valence electrons. The number of fused-ring (bicyclic) bond motifs is 1. The summed E-state index contributed by atoms with van der Waals surface area (Å²) in [6.45, 7) is 4.52. The van der Waals surface area contributed by atoms with Gasteiger partial charge in [0.1, 0.15) is 0 Å². The average molecular weight is 273 g/mol. The third-order valence-electron chi connectivity index (χ3n) is 4.97. The lowest BCUT2D eigenvalue weighted by molar-refractivity contribution is 0.126. The molecule has 5 nitrogen and oxygen atoms in total. The van der Waals surface area contributed by atoms with Crippen LogP contribution in [0.15, 0.2) is 27.4 Å². The molecule has 5 heteroatoms. The molecule has 20 heavy (non-hydrogen) atoms. The van der Waals surface area contributed by atoms with Crippen LogP contribution in [0.3, 0.4) is 0 Å². The van der Waals surface area contributed by atoms with Crippen LogP contribution in [-0.4, -0.2) is 30.7 Å². The quantitative estimate of drug-likeness (QED) is 0.851. The molecule has 1 aromatic carbocycles. The Kier molecular flexibility index (Phi) is 2.48. The molecule has 0 radical (unpaired) electrons. The van der Waals surface area contributed by atoms with E-state index in [1.165, 1.54) is 25.9 Å². The highest BCUT2D eigenvalue weighted by Gasteiger charge is 2.39. The van der Waals surface area contributed by atoms with E-state index in [-0.39, 0.29) is 5.76 Å². The summed E-state index contributed by atoms with van der Waals surface area (Å²) in [5.41, 5.74) is 3.25. The van der Waals surface area contributed by atoms with Gasteiger partial charge in [0.25, 0.3) is 0 Å². The normalized spacial score (nSPS) is 21.4. The van der Waals surface area contributed by atoms with Gasteiger partial charge in [-0.15, -0.1) is 0 Å². The predicted octanol–water partition coefficient (Wildman–Crippen LogP) is 1.32. The number of oxazole rings is 1. The molecule has 1 N–H and O–H groups in total. The Bertz CT molecular complexity index is 701. The topological polar surface area (TPSA) is 50.4 Å². The van der Waals surface area contributed by atoms with E-state index in [4.69, 9.17) is 4.42 Å². The minimum absolute atomic E-state index is 0.296. The highest BCUT2D eigenvalue weighted by molar-refractivity contribution is 5.77. The third kappa shape index (κ3) is 1.69. The van der Waals surface area contributed by atoms with Gasteiger partial charge in [-0.2, -0.15) is 0 Å². The van der Waals surface area contributed by atoms with Crippen molar-refractivity contribution in [2.24, 2.45) is 12.5 Å². The summed E-state index contributed by atoms with van der Waals surface area (Å²) >= 11 is 0. The Morgan fingerprint density at radius 3 is 2.65 bits per heavy atom. The Morgan fingerprint density at radius 2 is 2.00 bits per heavy atom. The predicted molar refractivity (Wildman–Crippen MR) is 78.2 cm³/mol. The van der Waals surface area contributed by atoms with E-state index in [9.17, 15) is 4.79 Å². The minimum Gasteiger partial charge on any atom is -0.408 e. The molecule has 0 atom stereocenters. The molecule has 4 rings (SSSR count). The molecule has 0 unspecified atom stereocenters. The lowest BCUT2D eigenvalue weighted by Crippen LogP contribution is -2.58. The number of aromatic nitrogens is 1. The van der Waals surface area contributed by atoms with Crippen LogP contribution >= 0.6 is 0 Å². The summed E-state index contributed by atoms with van der Waals surface area (Å²) in [4.78, 5) is 13.9. The van der Waals surface area contributed by atoms with Crippen molar-refractivity contribution < 1.29 is 4.42 Å². The molecule has 2 aliphatic heterocycles. The van der Waals surface area contributed by atoms with E-state index in [2.05, 4.69) is 16.3 Å². The van der Waals surface area contributed by atoms with E-state index in [1.54, 1.807) is 11.6 Å². The first kappa shape index (κ1) is 12.0. The summed E-state index contributed by atoms with van der Waals surface area (Å²) in [6, 6.07) is 6.06. The van der Waals surface area contributed by atoms with Gasteiger partial charge < -0.3 is 14.6 Å². The van der Waals surface area contributed by atoms with Gasteiger partial charge in [0.2, 0.25) is 0 Å². The van der Waals surface area contributed by atoms with Crippen LogP contribution < -0.4 is 16.0 Å². The van der Waals surface area contributed by atoms with Crippen molar-refractivity contribution >= 4 is 16.8 Å². The van der Waals surface area contributed by atoms with Crippen molar-refractivity contribution in [1.82, 2.24) is 9.88 Å². The van der Waals surface area contributed by atoms with Crippen LogP contribution in [0, 0.1) is 5.41 Å². The van der Waals surface area contributed by atoms with E-state index >= 15 is 0 Å². The van der Waals surface area contributed by atoms with Crippen LogP contribution in [0.2, 0.25) is 0 Å². The Morgan fingerprint density at radius 1 is 1.25 bits per heavy atom. The monoisotopic (exact) mass is 273 g/mol. The van der Waals surface area contributed by atoms with Gasteiger partial charge in [-0.25, -0.2) is 4.79 Å². The highest BCUT2D eigenvalue weighted by atomic mass is 16.4. The van der Waals surface area contributed by atoms with Crippen molar-refractivity contribution in [2.45, 2.75) is 12.8 Å². The molecule has 3 heterocycles. The second-order valence-corrected chi connectivity index (χ2v) is 6.17. The third-order valence-corrected chi connectivity index (χ3v) is 4.97. The molecular weight excluding hydrogens is 254 g/mol. The molecule has 1 spiro atoms. The molecule has 2 aromatic rings.